The fourth-order valence-electron chi connectivity index (χ4n) is 0.732. The van der Waals surface area contributed by atoms with E-state index >= 15 is 0 Å². The van der Waals surface area contributed by atoms with Gasteiger partial charge in [0.05, 0.1) is 12.6 Å². The van der Waals surface area contributed by atoms with Gasteiger partial charge in [0.1, 0.15) is 6.61 Å². The molecule has 0 aliphatic rings. The van der Waals surface area contributed by atoms with Crippen molar-refractivity contribution < 1.29 is 14.3 Å². The number of ether oxygens (including phenoxy) is 1. The van der Waals surface area contributed by atoms with Gasteiger partial charge in [-0.25, -0.2) is 0 Å². The minimum atomic E-state index is -0.273. The highest BCUT2D eigenvalue weighted by atomic mass is 16.5. The lowest BCUT2D eigenvalue weighted by atomic mass is 10.5. The molecule has 2 N–H and O–H groups in total. The number of rotatable bonds is 6. The molecule has 0 heterocycles. The third kappa shape index (κ3) is 7.54. The highest BCUT2D eigenvalue weighted by Gasteiger charge is 2.05. The maximum absolute atomic E-state index is 11.0. The lowest BCUT2D eigenvalue weighted by molar-refractivity contribution is -0.130. The second-order valence-electron chi connectivity index (χ2n) is 3.09. The molecule has 2 amide bonds. The zero-order valence-corrected chi connectivity index (χ0v) is 8.92. The highest BCUT2D eigenvalue weighted by molar-refractivity contribution is 5.85. The van der Waals surface area contributed by atoms with E-state index in [2.05, 4.69) is 10.6 Å². The van der Waals surface area contributed by atoms with Gasteiger partial charge in [-0.3, -0.25) is 9.59 Å². The molecule has 0 aliphatic heterocycles. The summed E-state index contributed by atoms with van der Waals surface area (Å²) in [6.45, 7) is 6.08. The van der Waals surface area contributed by atoms with Gasteiger partial charge in [-0.15, -0.1) is 0 Å². The summed E-state index contributed by atoms with van der Waals surface area (Å²) in [5.74, 6) is -0.463. The van der Waals surface area contributed by atoms with Crippen molar-refractivity contribution in [2.45, 2.75) is 26.9 Å². The van der Waals surface area contributed by atoms with E-state index < -0.39 is 0 Å². The van der Waals surface area contributed by atoms with E-state index in [4.69, 9.17) is 4.74 Å². The second-order valence-corrected chi connectivity index (χ2v) is 3.09. The minimum Gasteiger partial charge on any atom is -0.369 e. The van der Waals surface area contributed by atoms with Crippen LogP contribution >= 0.6 is 0 Å². The summed E-state index contributed by atoms with van der Waals surface area (Å²) in [5, 5.41) is 5.02. The Bertz CT molecular complexity index is 192. The van der Waals surface area contributed by atoms with Crippen LogP contribution in [0.4, 0.5) is 0 Å². The van der Waals surface area contributed by atoms with E-state index in [9.17, 15) is 9.59 Å². The van der Waals surface area contributed by atoms with Crippen LogP contribution in [0.1, 0.15) is 20.8 Å². The number of likely N-dealkylation sites (N-methyl/N-ethyl adjacent to an activating group) is 1. The maximum Gasteiger partial charge on any atom is 0.246 e. The first-order chi connectivity index (χ1) is 6.56. The lowest BCUT2D eigenvalue weighted by Crippen LogP contribution is -2.38. The molecular weight excluding hydrogens is 184 g/mol. The molecule has 5 heteroatoms. The van der Waals surface area contributed by atoms with E-state index in [1.54, 1.807) is 0 Å². The standard InChI is InChI=1S/C9H18N2O3/c1-4-10-8(12)5-11-9(13)6-14-7(2)3/h7H,4-6H2,1-3H3,(H,10,12)(H,11,13). The van der Waals surface area contributed by atoms with Gasteiger partial charge in [0.15, 0.2) is 0 Å². The number of nitrogens with one attached hydrogen (secondary N) is 2. The topological polar surface area (TPSA) is 67.4 Å². The summed E-state index contributed by atoms with van der Waals surface area (Å²) in [5.41, 5.74) is 0. The monoisotopic (exact) mass is 202 g/mol. The SMILES string of the molecule is CCNC(=O)CNC(=O)COC(C)C. The summed E-state index contributed by atoms with van der Waals surface area (Å²) in [6.07, 6.45) is 0.0187. The molecule has 82 valence electrons. The van der Waals surface area contributed by atoms with E-state index in [-0.39, 0.29) is 31.1 Å². The van der Waals surface area contributed by atoms with E-state index in [1.165, 1.54) is 0 Å². The van der Waals surface area contributed by atoms with Crippen molar-refractivity contribution in [3.05, 3.63) is 0 Å². The van der Waals surface area contributed by atoms with Crippen molar-refractivity contribution in [1.82, 2.24) is 10.6 Å². The van der Waals surface area contributed by atoms with Crippen molar-refractivity contribution in [2.75, 3.05) is 19.7 Å². The Balaban J connectivity index is 3.48. The van der Waals surface area contributed by atoms with Gasteiger partial charge in [-0.05, 0) is 20.8 Å². The van der Waals surface area contributed by atoms with E-state index in [0.717, 1.165) is 0 Å². The van der Waals surface area contributed by atoms with Crippen LogP contribution in [-0.4, -0.2) is 37.6 Å². The van der Waals surface area contributed by atoms with Gasteiger partial charge in [0.2, 0.25) is 11.8 Å². The maximum atomic E-state index is 11.0. The zero-order chi connectivity index (χ0) is 11.0. The number of hydrogen-bond acceptors (Lipinski definition) is 3. The Morgan fingerprint density at radius 1 is 1.21 bits per heavy atom. The van der Waals surface area contributed by atoms with Crippen LogP contribution in [-0.2, 0) is 14.3 Å². The van der Waals surface area contributed by atoms with Crippen LogP contribution in [0, 0.1) is 0 Å². The van der Waals surface area contributed by atoms with Crippen LogP contribution in [0.5, 0.6) is 0 Å². The largest absolute Gasteiger partial charge is 0.369 e. The second kappa shape index (κ2) is 7.32. The molecule has 14 heavy (non-hydrogen) atoms. The first-order valence-corrected chi connectivity index (χ1v) is 4.71. The quantitative estimate of drug-likeness (QED) is 0.619. The number of hydrogen-bond donors (Lipinski definition) is 2. The summed E-state index contributed by atoms with van der Waals surface area (Å²) >= 11 is 0. The average molecular weight is 202 g/mol. The molecule has 0 radical (unpaired) electrons. The number of carbonyl (C=O) groups excluding carboxylic acids is 2. The third-order valence-electron chi connectivity index (χ3n) is 1.37. The molecule has 0 unspecified atom stereocenters. The Morgan fingerprint density at radius 2 is 1.86 bits per heavy atom. The number of amides is 2. The number of carbonyl (C=O) groups is 2. The fourth-order valence-corrected chi connectivity index (χ4v) is 0.732. The molecule has 0 bridgehead atoms. The predicted octanol–water partition coefficient (Wildman–Crippen LogP) is -0.336. The molecule has 0 saturated heterocycles. The normalized spacial score (nSPS) is 10.0. The Kier molecular flexibility index (Phi) is 6.74. The third-order valence-corrected chi connectivity index (χ3v) is 1.37. The smallest absolute Gasteiger partial charge is 0.246 e. The summed E-state index contributed by atoms with van der Waals surface area (Å²) in [4.78, 5) is 22.0. The minimum absolute atomic E-state index is 0.00291. The molecular formula is C9H18N2O3. The van der Waals surface area contributed by atoms with E-state index in [0.29, 0.717) is 6.54 Å². The Morgan fingerprint density at radius 3 is 2.36 bits per heavy atom. The van der Waals surface area contributed by atoms with Crippen LogP contribution in [0.25, 0.3) is 0 Å². The van der Waals surface area contributed by atoms with Crippen molar-refractivity contribution in [2.24, 2.45) is 0 Å². The lowest BCUT2D eigenvalue weighted by Gasteiger charge is -2.08. The molecule has 0 fully saturated rings. The molecule has 0 spiro atoms. The summed E-state index contributed by atoms with van der Waals surface area (Å²) in [6, 6.07) is 0. The molecule has 0 saturated carbocycles. The van der Waals surface area contributed by atoms with Crippen LogP contribution in [0.2, 0.25) is 0 Å². The van der Waals surface area contributed by atoms with Crippen LogP contribution in [0.15, 0.2) is 0 Å². The summed E-state index contributed by atoms with van der Waals surface area (Å²) < 4.78 is 5.05. The Labute approximate surface area is 84.2 Å². The van der Waals surface area contributed by atoms with Gasteiger partial charge in [0.25, 0.3) is 0 Å². The van der Waals surface area contributed by atoms with Crippen molar-refractivity contribution >= 4 is 11.8 Å². The van der Waals surface area contributed by atoms with Gasteiger partial charge in [0, 0.05) is 6.54 Å². The zero-order valence-electron chi connectivity index (χ0n) is 8.92. The molecule has 0 rings (SSSR count). The van der Waals surface area contributed by atoms with Gasteiger partial charge in [-0.2, -0.15) is 0 Å². The molecule has 0 aromatic carbocycles. The van der Waals surface area contributed by atoms with Gasteiger partial charge < -0.3 is 15.4 Å². The molecule has 5 nitrogen and oxygen atoms in total. The molecule has 0 aliphatic carbocycles. The van der Waals surface area contributed by atoms with Crippen molar-refractivity contribution in [3.63, 3.8) is 0 Å². The van der Waals surface area contributed by atoms with Crippen LogP contribution < -0.4 is 10.6 Å². The van der Waals surface area contributed by atoms with Gasteiger partial charge in [-0.1, -0.05) is 0 Å². The van der Waals surface area contributed by atoms with Gasteiger partial charge >= 0.3 is 0 Å². The first kappa shape index (κ1) is 12.9. The Hall–Kier alpha value is -1.10. The van der Waals surface area contributed by atoms with E-state index in [1.807, 2.05) is 20.8 Å². The predicted molar refractivity (Wildman–Crippen MR) is 52.8 cm³/mol. The van der Waals surface area contributed by atoms with Crippen molar-refractivity contribution in [1.29, 1.82) is 0 Å². The fraction of sp³-hybridized carbons (Fsp3) is 0.778. The average Bonchev–Trinajstić information content (AvgIpc) is 2.12. The van der Waals surface area contributed by atoms with Crippen LogP contribution in [0.3, 0.4) is 0 Å². The summed E-state index contributed by atoms with van der Waals surface area (Å²) in [7, 11) is 0. The molecule has 0 atom stereocenters. The van der Waals surface area contributed by atoms with Crippen molar-refractivity contribution in [3.8, 4) is 0 Å². The molecule has 0 aromatic rings. The first-order valence-electron chi connectivity index (χ1n) is 4.71. The highest BCUT2D eigenvalue weighted by Crippen LogP contribution is 1.85. The molecule has 0 aromatic heterocycles.